The summed E-state index contributed by atoms with van der Waals surface area (Å²) in [5, 5.41) is 8.49. The van der Waals surface area contributed by atoms with Crippen molar-refractivity contribution < 1.29 is 14.6 Å². The van der Waals surface area contributed by atoms with E-state index in [2.05, 4.69) is 0 Å². The first-order valence-electron chi connectivity index (χ1n) is 3.05. The normalized spacial score (nSPS) is 29.4. The van der Waals surface area contributed by atoms with Crippen LogP contribution in [0.5, 0.6) is 0 Å². The van der Waals surface area contributed by atoms with E-state index in [9.17, 15) is 4.79 Å². The minimum absolute atomic E-state index is 0.0446. The van der Waals surface area contributed by atoms with E-state index in [0.717, 1.165) is 0 Å². The van der Waals surface area contributed by atoms with Crippen LogP contribution in [0, 0.1) is 0 Å². The van der Waals surface area contributed by atoms with Gasteiger partial charge in [-0.1, -0.05) is 0 Å². The summed E-state index contributed by atoms with van der Waals surface area (Å²) in [6.45, 7) is 0. The molecule has 11 heavy (non-hydrogen) atoms. The van der Waals surface area contributed by atoms with Gasteiger partial charge in [0, 0.05) is 0 Å². The first-order valence-corrected chi connectivity index (χ1v) is 4.34. The van der Waals surface area contributed by atoms with Crippen LogP contribution < -0.4 is 0 Å². The van der Waals surface area contributed by atoms with Crippen molar-refractivity contribution in [3.8, 4) is 0 Å². The molecule has 1 aliphatic rings. The van der Waals surface area contributed by atoms with Crippen LogP contribution in [0.25, 0.3) is 0 Å². The Bertz CT molecular complexity index is 204. The number of hydrogen-bond donors (Lipinski definition) is 1. The van der Waals surface area contributed by atoms with E-state index in [1.807, 2.05) is 6.26 Å². The SMILES string of the molecule is [B]C1C=C(C(=O)O)OC1SC. The van der Waals surface area contributed by atoms with Gasteiger partial charge in [-0.25, -0.2) is 4.79 Å². The number of aliphatic carboxylic acids is 1. The zero-order valence-electron chi connectivity index (χ0n) is 5.98. The molecule has 58 valence electrons. The Morgan fingerprint density at radius 3 is 2.82 bits per heavy atom. The van der Waals surface area contributed by atoms with Gasteiger partial charge in [-0.05, 0) is 18.1 Å². The topological polar surface area (TPSA) is 46.5 Å². The average Bonchev–Trinajstić information content (AvgIpc) is 2.31. The van der Waals surface area contributed by atoms with Crippen molar-refractivity contribution in [1.82, 2.24) is 0 Å². The van der Waals surface area contributed by atoms with Gasteiger partial charge in [-0.3, -0.25) is 0 Å². The van der Waals surface area contributed by atoms with E-state index >= 15 is 0 Å². The zero-order valence-corrected chi connectivity index (χ0v) is 6.80. The number of thioether (sulfide) groups is 1. The summed E-state index contributed by atoms with van der Waals surface area (Å²) in [6, 6.07) is 0. The molecule has 1 aliphatic heterocycles. The largest absolute Gasteiger partial charge is 0.475 e. The van der Waals surface area contributed by atoms with Gasteiger partial charge in [0.25, 0.3) is 0 Å². The fourth-order valence-corrected chi connectivity index (χ4v) is 1.42. The lowest BCUT2D eigenvalue weighted by Crippen LogP contribution is -2.08. The van der Waals surface area contributed by atoms with Crippen LogP contribution in [0.4, 0.5) is 0 Å². The second-order valence-electron chi connectivity index (χ2n) is 2.14. The van der Waals surface area contributed by atoms with E-state index in [-0.39, 0.29) is 17.0 Å². The van der Waals surface area contributed by atoms with Crippen molar-refractivity contribution in [3.05, 3.63) is 11.8 Å². The van der Waals surface area contributed by atoms with Crippen LogP contribution in [0.3, 0.4) is 0 Å². The molecule has 0 spiro atoms. The maximum Gasteiger partial charge on any atom is 0.370 e. The van der Waals surface area contributed by atoms with Gasteiger partial charge in [0.1, 0.15) is 5.44 Å². The zero-order chi connectivity index (χ0) is 8.43. The van der Waals surface area contributed by atoms with Gasteiger partial charge in [0.05, 0.1) is 7.85 Å². The highest BCUT2D eigenvalue weighted by Gasteiger charge is 2.27. The molecule has 0 aliphatic carbocycles. The fourth-order valence-electron chi connectivity index (χ4n) is 0.823. The molecule has 1 rings (SSSR count). The summed E-state index contributed by atoms with van der Waals surface area (Å²) in [4.78, 5) is 10.4. The number of carbonyl (C=O) groups is 1. The molecule has 5 heteroatoms. The molecule has 0 bridgehead atoms. The van der Waals surface area contributed by atoms with Crippen molar-refractivity contribution in [2.45, 2.75) is 11.3 Å². The van der Waals surface area contributed by atoms with Gasteiger partial charge in [-0.2, -0.15) is 0 Å². The minimum Gasteiger partial charge on any atom is -0.475 e. The van der Waals surface area contributed by atoms with Crippen molar-refractivity contribution >= 4 is 25.6 Å². The number of carboxylic acid groups (broad SMARTS) is 1. The Morgan fingerprint density at radius 2 is 2.55 bits per heavy atom. The lowest BCUT2D eigenvalue weighted by Gasteiger charge is -2.11. The van der Waals surface area contributed by atoms with E-state index in [1.54, 1.807) is 0 Å². The Balaban J connectivity index is 2.63. The predicted octanol–water partition coefficient (Wildman–Crippen LogP) is 0.631. The van der Waals surface area contributed by atoms with Crippen molar-refractivity contribution in [2.75, 3.05) is 6.26 Å². The molecular formula is C6H7BO3S. The quantitative estimate of drug-likeness (QED) is 0.617. The van der Waals surface area contributed by atoms with Gasteiger partial charge in [0.15, 0.2) is 0 Å². The summed E-state index contributed by atoms with van der Waals surface area (Å²) in [6.07, 6.45) is 3.24. The van der Waals surface area contributed by atoms with Crippen molar-refractivity contribution in [1.29, 1.82) is 0 Å². The van der Waals surface area contributed by atoms with Crippen LogP contribution in [0.2, 0.25) is 5.82 Å². The second kappa shape index (κ2) is 3.22. The average molecular weight is 170 g/mol. The minimum atomic E-state index is -1.06. The highest BCUT2D eigenvalue weighted by atomic mass is 32.2. The highest BCUT2D eigenvalue weighted by Crippen LogP contribution is 2.31. The lowest BCUT2D eigenvalue weighted by molar-refractivity contribution is -0.136. The monoisotopic (exact) mass is 170 g/mol. The molecule has 1 N–H and O–H groups in total. The van der Waals surface area contributed by atoms with Crippen LogP contribution in [-0.4, -0.2) is 30.6 Å². The summed E-state index contributed by atoms with van der Waals surface area (Å²) in [7, 11) is 5.53. The third-order valence-corrected chi connectivity index (χ3v) is 2.22. The van der Waals surface area contributed by atoms with Gasteiger partial charge in [-0.15, -0.1) is 11.8 Å². The van der Waals surface area contributed by atoms with E-state index in [0.29, 0.717) is 0 Å². The maximum absolute atomic E-state index is 10.4. The highest BCUT2D eigenvalue weighted by molar-refractivity contribution is 7.99. The number of ether oxygens (including phenoxy) is 1. The molecule has 1 heterocycles. The lowest BCUT2D eigenvalue weighted by atomic mass is 9.89. The van der Waals surface area contributed by atoms with Crippen LogP contribution in [-0.2, 0) is 9.53 Å². The Labute approximate surface area is 70.2 Å². The standard InChI is InChI=1S/C6H7BO3S/c1-11-6-3(7)2-4(10-6)5(8)9/h2-3,6H,1H3,(H,8,9). The number of hydrogen-bond acceptors (Lipinski definition) is 3. The molecule has 0 saturated heterocycles. The van der Waals surface area contributed by atoms with Crippen molar-refractivity contribution in [2.24, 2.45) is 0 Å². The van der Waals surface area contributed by atoms with Crippen LogP contribution in [0.15, 0.2) is 11.8 Å². The van der Waals surface area contributed by atoms with Gasteiger partial charge in [0.2, 0.25) is 5.76 Å². The summed E-state index contributed by atoms with van der Waals surface area (Å²) >= 11 is 1.40. The summed E-state index contributed by atoms with van der Waals surface area (Å²) in [5.41, 5.74) is -0.249. The molecule has 0 saturated carbocycles. The Kier molecular flexibility index (Phi) is 2.49. The molecule has 0 fully saturated rings. The van der Waals surface area contributed by atoms with E-state index < -0.39 is 5.97 Å². The van der Waals surface area contributed by atoms with Crippen LogP contribution >= 0.6 is 11.8 Å². The summed E-state index contributed by atoms with van der Waals surface area (Å²) in [5.74, 6) is -1.41. The molecule has 3 nitrogen and oxygen atoms in total. The van der Waals surface area contributed by atoms with Crippen LogP contribution in [0.1, 0.15) is 0 Å². The number of carboxylic acids is 1. The Morgan fingerprint density at radius 1 is 1.91 bits per heavy atom. The molecule has 0 aromatic rings. The van der Waals surface area contributed by atoms with E-state index in [1.165, 1.54) is 17.8 Å². The molecule has 2 atom stereocenters. The second-order valence-corrected chi connectivity index (χ2v) is 3.07. The third-order valence-electron chi connectivity index (χ3n) is 1.34. The maximum atomic E-state index is 10.4. The molecule has 2 unspecified atom stereocenters. The van der Waals surface area contributed by atoms with E-state index in [4.69, 9.17) is 17.7 Å². The number of rotatable bonds is 2. The smallest absolute Gasteiger partial charge is 0.370 e. The predicted molar refractivity (Wildman–Crippen MR) is 43.6 cm³/mol. The Hall–Kier alpha value is -0.575. The first-order chi connectivity index (χ1) is 5.15. The van der Waals surface area contributed by atoms with Crippen molar-refractivity contribution in [3.63, 3.8) is 0 Å². The third kappa shape index (κ3) is 1.71. The summed E-state index contributed by atoms with van der Waals surface area (Å²) < 4.78 is 4.98. The van der Waals surface area contributed by atoms with Gasteiger partial charge < -0.3 is 9.84 Å². The first kappa shape index (κ1) is 8.52. The van der Waals surface area contributed by atoms with Gasteiger partial charge >= 0.3 is 5.97 Å². The molecule has 0 amide bonds. The fraction of sp³-hybridized carbons (Fsp3) is 0.500. The molecular weight excluding hydrogens is 163 g/mol. The molecule has 2 radical (unpaired) electrons. The molecule has 0 aromatic carbocycles. The molecule has 0 aromatic heterocycles.